The van der Waals surface area contributed by atoms with Gasteiger partial charge in [-0.1, -0.05) is 78.9 Å². The van der Waals surface area contributed by atoms with Crippen molar-refractivity contribution in [2.75, 3.05) is 0 Å². The van der Waals surface area contributed by atoms with Crippen LogP contribution in [0.1, 0.15) is 0 Å². The van der Waals surface area contributed by atoms with Gasteiger partial charge in [-0.3, -0.25) is 0 Å². The second-order valence-corrected chi connectivity index (χ2v) is 8.25. The molecule has 0 aliphatic rings. The van der Waals surface area contributed by atoms with E-state index < -0.39 is 0 Å². The third-order valence-electron chi connectivity index (χ3n) is 6.36. The van der Waals surface area contributed by atoms with E-state index in [1.54, 1.807) is 24.3 Å². The van der Waals surface area contributed by atoms with Gasteiger partial charge < -0.3 is 15.3 Å². The van der Waals surface area contributed by atoms with Gasteiger partial charge in [0, 0.05) is 10.8 Å². The molecule has 0 fully saturated rings. The highest BCUT2D eigenvalue weighted by Gasteiger charge is 2.16. The smallest absolute Gasteiger partial charge is 0.124 e. The van der Waals surface area contributed by atoms with Crippen LogP contribution in [0.25, 0.3) is 54.6 Å². The molecule has 6 rings (SSSR count). The number of hydrogen-bond donors (Lipinski definition) is 3. The summed E-state index contributed by atoms with van der Waals surface area (Å²) in [5.41, 5.74) is 3.80. The summed E-state index contributed by atoms with van der Waals surface area (Å²) in [4.78, 5) is 0. The lowest BCUT2D eigenvalue weighted by atomic mass is 9.88. The van der Waals surface area contributed by atoms with Crippen molar-refractivity contribution >= 4 is 32.3 Å². The molecule has 0 saturated carbocycles. The van der Waals surface area contributed by atoms with Crippen molar-refractivity contribution in [1.29, 1.82) is 0 Å². The second-order valence-electron chi connectivity index (χ2n) is 8.25. The van der Waals surface area contributed by atoms with Crippen LogP contribution in [0.2, 0.25) is 0 Å². The highest BCUT2D eigenvalue weighted by molar-refractivity contribution is 6.14. The van der Waals surface area contributed by atoms with Crippen LogP contribution in [0.4, 0.5) is 0 Å². The largest absolute Gasteiger partial charge is 0.508 e. The first-order chi connectivity index (χ1) is 16.1. The van der Waals surface area contributed by atoms with Gasteiger partial charge in [0.05, 0.1) is 0 Å². The quantitative estimate of drug-likeness (QED) is 0.266. The molecule has 0 unspecified atom stereocenters. The molecular weight excluding hydrogens is 408 g/mol. The summed E-state index contributed by atoms with van der Waals surface area (Å²) >= 11 is 0. The summed E-state index contributed by atoms with van der Waals surface area (Å²) in [6.45, 7) is 0. The van der Waals surface area contributed by atoms with E-state index in [9.17, 15) is 15.3 Å². The Morgan fingerprint density at radius 3 is 1.85 bits per heavy atom. The summed E-state index contributed by atoms with van der Waals surface area (Å²) < 4.78 is 0. The molecule has 0 saturated heterocycles. The lowest BCUT2D eigenvalue weighted by Crippen LogP contribution is -1.89. The molecule has 6 aromatic rings. The minimum atomic E-state index is 0.199. The Kier molecular flexibility index (Phi) is 4.24. The van der Waals surface area contributed by atoms with E-state index in [1.807, 2.05) is 72.8 Å². The van der Waals surface area contributed by atoms with Crippen LogP contribution < -0.4 is 0 Å². The van der Waals surface area contributed by atoms with Gasteiger partial charge in [-0.05, 0) is 68.1 Å². The summed E-state index contributed by atoms with van der Waals surface area (Å²) in [5.74, 6) is 0.647. The fourth-order valence-electron chi connectivity index (χ4n) is 4.87. The van der Waals surface area contributed by atoms with Crippen LogP contribution in [0.3, 0.4) is 0 Å². The minimum Gasteiger partial charge on any atom is -0.508 e. The molecule has 0 aromatic heterocycles. The van der Waals surface area contributed by atoms with E-state index in [0.717, 1.165) is 54.6 Å². The zero-order valence-electron chi connectivity index (χ0n) is 17.7. The van der Waals surface area contributed by atoms with Crippen molar-refractivity contribution in [3.8, 4) is 39.5 Å². The molecule has 158 valence electrons. The van der Waals surface area contributed by atoms with Crippen molar-refractivity contribution in [3.63, 3.8) is 0 Å². The van der Waals surface area contributed by atoms with Crippen LogP contribution in [0.15, 0.2) is 103 Å². The van der Waals surface area contributed by atoms with Gasteiger partial charge in [0.25, 0.3) is 0 Å². The first-order valence-electron chi connectivity index (χ1n) is 10.8. The predicted molar refractivity (Wildman–Crippen MR) is 135 cm³/mol. The van der Waals surface area contributed by atoms with Gasteiger partial charge in [-0.15, -0.1) is 0 Å². The Labute approximate surface area is 190 Å². The number of hydrogen-bond acceptors (Lipinski definition) is 3. The van der Waals surface area contributed by atoms with Crippen LogP contribution in [0, 0.1) is 0 Å². The van der Waals surface area contributed by atoms with Crippen molar-refractivity contribution in [1.82, 2.24) is 0 Å². The SMILES string of the molecule is Oc1ccc2cccc(-c3ccc(-c4cccc5c(O)cccc45)c4cccc(O)c34)c2c1. The van der Waals surface area contributed by atoms with Crippen molar-refractivity contribution in [2.24, 2.45) is 0 Å². The Morgan fingerprint density at radius 2 is 1.00 bits per heavy atom. The fraction of sp³-hybridized carbons (Fsp3) is 0. The zero-order valence-corrected chi connectivity index (χ0v) is 17.7. The summed E-state index contributed by atoms with van der Waals surface area (Å²) in [6, 6.07) is 32.4. The highest BCUT2D eigenvalue weighted by Crippen LogP contribution is 2.44. The maximum absolute atomic E-state index is 11.0. The highest BCUT2D eigenvalue weighted by atomic mass is 16.3. The molecule has 0 bridgehead atoms. The number of aromatic hydroxyl groups is 3. The zero-order chi connectivity index (χ0) is 22.5. The lowest BCUT2D eigenvalue weighted by molar-refractivity contribution is 0.476. The molecule has 0 heterocycles. The van der Waals surface area contributed by atoms with E-state index in [1.165, 1.54) is 0 Å². The van der Waals surface area contributed by atoms with Crippen molar-refractivity contribution in [3.05, 3.63) is 103 Å². The lowest BCUT2D eigenvalue weighted by Gasteiger charge is -2.16. The minimum absolute atomic E-state index is 0.199. The first-order valence-corrected chi connectivity index (χ1v) is 10.8. The van der Waals surface area contributed by atoms with Crippen LogP contribution >= 0.6 is 0 Å². The molecule has 33 heavy (non-hydrogen) atoms. The molecule has 3 nitrogen and oxygen atoms in total. The second kappa shape index (κ2) is 7.28. The van der Waals surface area contributed by atoms with Crippen LogP contribution in [0.5, 0.6) is 17.2 Å². The topological polar surface area (TPSA) is 60.7 Å². The van der Waals surface area contributed by atoms with Gasteiger partial charge in [-0.25, -0.2) is 0 Å². The molecule has 3 N–H and O–H groups in total. The molecule has 0 amide bonds. The number of benzene rings is 6. The van der Waals surface area contributed by atoms with Gasteiger partial charge in [0.1, 0.15) is 17.2 Å². The van der Waals surface area contributed by atoms with Crippen LogP contribution in [-0.4, -0.2) is 15.3 Å². The van der Waals surface area contributed by atoms with E-state index in [0.29, 0.717) is 0 Å². The monoisotopic (exact) mass is 428 g/mol. The third-order valence-corrected chi connectivity index (χ3v) is 6.36. The molecule has 0 atom stereocenters. The van der Waals surface area contributed by atoms with Gasteiger partial charge in [0.15, 0.2) is 0 Å². The molecule has 6 aromatic carbocycles. The Bertz CT molecular complexity index is 1700. The normalized spacial score (nSPS) is 11.4. The first kappa shape index (κ1) is 19.2. The molecule has 0 spiro atoms. The van der Waals surface area contributed by atoms with Gasteiger partial charge in [-0.2, -0.15) is 0 Å². The molecule has 3 heteroatoms. The third kappa shape index (κ3) is 2.98. The van der Waals surface area contributed by atoms with E-state index in [2.05, 4.69) is 6.07 Å². The summed E-state index contributed by atoms with van der Waals surface area (Å²) in [6.07, 6.45) is 0. The van der Waals surface area contributed by atoms with Crippen LogP contribution in [-0.2, 0) is 0 Å². The Hall–Kier alpha value is -4.50. The van der Waals surface area contributed by atoms with E-state index >= 15 is 0 Å². The average molecular weight is 428 g/mol. The maximum Gasteiger partial charge on any atom is 0.124 e. The average Bonchev–Trinajstić information content (AvgIpc) is 2.83. The molecule has 0 aliphatic heterocycles. The Morgan fingerprint density at radius 1 is 0.394 bits per heavy atom. The van der Waals surface area contributed by atoms with E-state index in [4.69, 9.17) is 0 Å². The van der Waals surface area contributed by atoms with E-state index in [-0.39, 0.29) is 17.2 Å². The fourth-order valence-corrected chi connectivity index (χ4v) is 4.87. The van der Waals surface area contributed by atoms with Crippen molar-refractivity contribution in [2.45, 2.75) is 0 Å². The summed E-state index contributed by atoms with van der Waals surface area (Å²) in [7, 11) is 0. The molecule has 0 radical (unpaired) electrons. The maximum atomic E-state index is 11.0. The molecule has 0 aliphatic carbocycles. The van der Waals surface area contributed by atoms with Gasteiger partial charge >= 0.3 is 0 Å². The molecular formula is C30H20O3. The van der Waals surface area contributed by atoms with Gasteiger partial charge in [0.2, 0.25) is 0 Å². The number of rotatable bonds is 2. The number of fused-ring (bicyclic) bond motifs is 3. The number of phenols is 3. The Balaban J connectivity index is 1.70. The summed E-state index contributed by atoms with van der Waals surface area (Å²) in [5, 5.41) is 36.8. The van der Waals surface area contributed by atoms with Crippen molar-refractivity contribution < 1.29 is 15.3 Å². The standard InChI is InChI=1S/C30H20O3/c31-19-14-13-18-5-1-6-22(27(18)17-19)26-16-15-23(25-10-4-12-29(33)30(25)26)20-7-2-9-24-21(20)8-3-11-28(24)32/h1-17,31-33H. The number of phenolic OH excluding ortho intramolecular Hbond substituents is 3. The predicted octanol–water partition coefficient (Wildman–Crippen LogP) is 7.60.